The molecule has 2 aliphatic heterocycles. The average molecular weight is 484 g/mol. The quantitative estimate of drug-likeness (QED) is 0.705. The Balaban J connectivity index is 1.75. The van der Waals surface area contributed by atoms with E-state index >= 15 is 0 Å². The van der Waals surface area contributed by atoms with E-state index in [9.17, 15) is 18.3 Å². The molecule has 1 amide bonds. The molecule has 0 radical (unpaired) electrons. The van der Waals surface area contributed by atoms with Crippen LogP contribution >= 0.6 is 23.2 Å². The Hall–Kier alpha value is -1.71. The molecule has 0 saturated carbocycles. The summed E-state index contributed by atoms with van der Waals surface area (Å²) >= 11 is 12.1. The van der Waals surface area contributed by atoms with Crippen molar-refractivity contribution in [3.63, 3.8) is 0 Å². The first-order valence-corrected chi connectivity index (χ1v) is 12.3. The van der Waals surface area contributed by atoms with Crippen molar-refractivity contribution >= 4 is 39.1 Å². The number of nitrogens with zero attached hydrogens (tertiary/aromatic N) is 3. The van der Waals surface area contributed by atoms with E-state index in [-0.39, 0.29) is 40.5 Å². The van der Waals surface area contributed by atoms with E-state index in [1.807, 2.05) is 12.1 Å². The van der Waals surface area contributed by atoms with Crippen molar-refractivity contribution in [3.05, 3.63) is 58.3 Å². The minimum absolute atomic E-state index is 0.0513. The second-order valence-electron chi connectivity index (χ2n) is 7.94. The van der Waals surface area contributed by atoms with Gasteiger partial charge >= 0.3 is 0 Å². The van der Waals surface area contributed by atoms with Gasteiger partial charge in [0.05, 0.1) is 17.1 Å². The number of aromatic nitrogens is 1. The third kappa shape index (κ3) is 4.45. The molecule has 166 valence electrons. The lowest BCUT2D eigenvalue weighted by Gasteiger charge is -2.40. The van der Waals surface area contributed by atoms with Crippen LogP contribution in [0.3, 0.4) is 0 Å². The molecule has 2 fully saturated rings. The van der Waals surface area contributed by atoms with Crippen molar-refractivity contribution in [2.75, 3.05) is 13.2 Å². The van der Waals surface area contributed by atoms with Gasteiger partial charge in [0.15, 0.2) is 0 Å². The summed E-state index contributed by atoms with van der Waals surface area (Å²) in [5.41, 5.74) is 0.708. The summed E-state index contributed by atoms with van der Waals surface area (Å²) in [6.07, 6.45) is 3.34. The Kier molecular flexibility index (Phi) is 6.55. The summed E-state index contributed by atoms with van der Waals surface area (Å²) in [5.74, 6) is -0.689. The third-order valence-electron chi connectivity index (χ3n) is 5.93. The topological polar surface area (TPSA) is 90.8 Å². The van der Waals surface area contributed by atoms with E-state index in [1.54, 1.807) is 17.2 Å². The predicted octanol–water partition coefficient (Wildman–Crippen LogP) is 2.95. The first kappa shape index (κ1) is 22.5. The molecule has 3 heterocycles. The van der Waals surface area contributed by atoms with Gasteiger partial charge in [-0.3, -0.25) is 9.78 Å². The monoisotopic (exact) mass is 483 g/mol. The third-order valence-corrected chi connectivity index (χ3v) is 8.28. The van der Waals surface area contributed by atoms with Crippen molar-refractivity contribution in [1.82, 2.24) is 14.2 Å². The molecule has 10 heteroatoms. The summed E-state index contributed by atoms with van der Waals surface area (Å²) in [6.45, 7) is 0.289. The van der Waals surface area contributed by atoms with Gasteiger partial charge in [-0.15, -0.1) is 0 Å². The lowest BCUT2D eigenvalue weighted by Crippen LogP contribution is -2.55. The van der Waals surface area contributed by atoms with Gasteiger partial charge in [0.2, 0.25) is 15.9 Å². The maximum atomic E-state index is 13.7. The van der Waals surface area contributed by atoms with Crippen LogP contribution in [-0.4, -0.2) is 58.9 Å². The Labute approximate surface area is 191 Å². The van der Waals surface area contributed by atoms with Gasteiger partial charge in [0.25, 0.3) is 0 Å². The number of aliphatic hydroxyl groups is 1. The lowest BCUT2D eigenvalue weighted by molar-refractivity contribution is -0.135. The number of amides is 1. The van der Waals surface area contributed by atoms with Crippen LogP contribution in [0.1, 0.15) is 25.0 Å². The maximum Gasteiger partial charge on any atom is 0.244 e. The second-order valence-corrected chi connectivity index (χ2v) is 10.7. The van der Waals surface area contributed by atoms with E-state index in [4.69, 9.17) is 23.2 Å². The molecule has 7 nitrogen and oxygen atoms in total. The molecule has 1 N–H and O–H groups in total. The van der Waals surface area contributed by atoms with Gasteiger partial charge in [-0.25, -0.2) is 8.42 Å². The number of hydrogen-bond donors (Lipinski definition) is 1. The zero-order valence-corrected chi connectivity index (χ0v) is 19.0. The first-order chi connectivity index (χ1) is 14.8. The van der Waals surface area contributed by atoms with Crippen LogP contribution in [-0.2, 0) is 21.4 Å². The first-order valence-electron chi connectivity index (χ1n) is 10.1. The van der Waals surface area contributed by atoms with Crippen LogP contribution in [0, 0.1) is 5.92 Å². The molecule has 1 aromatic carbocycles. The highest BCUT2D eigenvalue weighted by atomic mass is 35.5. The molecule has 2 aromatic rings. The standard InChI is InChI=1S/C21H23Cl2N3O4S/c22-15-8-16(23)10-18(9-15)31(29,30)26-19-5-3-6-20(26)21(28)25(11-14(19)13-27)12-17-4-1-2-7-24-17/h1-2,4,7-10,14,19-20,27H,3,5-6,11-13H2/t14-,19-,20+/m1/s1. The molecule has 3 atom stereocenters. The fourth-order valence-electron chi connectivity index (χ4n) is 4.54. The molecule has 2 saturated heterocycles. The Morgan fingerprint density at radius 3 is 2.52 bits per heavy atom. The number of halogens is 2. The van der Waals surface area contributed by atoms with Gasteiger partial charge in [0.1, 0.15) is 6.04 Å². The highest BCUT2D eigenvalue weighted by Gasteiger charge is 2.50. The number of benzene rings is 1. The van der Waals surface area contributed by atoms with Crippen molar-refractivity contribution in [2.24, 2.45) is 5.92 Å². The maximum absolute atomic E-state index is 13.7. The number of sulfonamides is 1. The minimum atomic E-state index is -4.07. The summed E-state index contributed by atoms with van der Waals surface area (Å²) in [7, 11) is -4.07. The number of aliphatic hydroxyl groups excluding tert-OH is 1. The largest absolute Gasteiger partial charge is 0.396 e. The zero-order chi connectivity index (χ0) is 22.2. The van der Waals surface area contributed by atoms with E-state index in [0.717, 1.165) is 0 Å². The molecule has 1 aromatic heterocycles. The molecular formula is C21H23Cl2N3O4S. The summed E-state index contributed by atoms with van der Waals surface area (Å²) < 4.78 is 28.6. The molecule has 0 spiro atoms. The van der Waals surface area contributed by atoms with Gasteiger partial charge in [0, 0.05) is 41.4 Å². The van der Waals surface area contributed by atoms with Crippen LogP contribution in [0.5, 0.6) is 0 Å². The molecular weight excluding hydrogens is 461 g/mol. The predicted molar refractivity (Wildman–Crippen MR) is 117 cm³/mol. The SMILES string of the molecule is O=C1[C@@H]2CCC[C@H]([C@@H](CO)CN1Cc1ccccn1)N2S(=O)(=O)c1cc(Cl)cc(Cl)c1. The van der Waals surface area contributed by atoms with Gasteiger partial charge in [-0.05, 0) is 49.6 Å². The molecule has 2 aliphatic rings. The number of carbonyl (C=O) groups is 1. The number of pyridine rings is 1. The van der Waals surface area contributed by atoms with Crippen molar-refractivity contribution < 1.29 is 18.3 Å². The van der Waals surface area contributed by atoms with E-state index in [0.29, 0.717) is 25.0 Å². The van der Waals surface area contributed by atoms with Crippen molar-refractivity contribution in [2.45, 2.75) is 42.8 Å². The summed E-state index contributed by atoms with van der Waals surface area (Å²) in [5, 5.41) is 10.5. The number of rotatable bonds is 5. The zero-order valence-electron chi connectivity index (χ0n) is 16.7. The molecule has 31 heavy (non-hydrogen) atoms. The molecule has 4 rings (SSSR count). The van der Waals surface area contributed by atoms with Crippen LogP contribution in [0.4, 0.5) is 0 Å². The summed E-state index contributed by atoms with van der Waals surface area (Å²) in [4.78, 5) is 19.4. The van der Waals surface area contributed by atoms with Crippen molar-refractivity contribution in [1.29, 1.82) is 0 Å². The number of carbonyl (C=O) groups excluding carboxylic acids is 1. The fourth-order valence-corrected chi connectivity index (χ4v) is 7.16. The number of hydrogen-bond acceptors (Lipinski definition) is 5. The minimum Gasteiger partial charge on any atom is -0.396 e. The van der Waals surface area contributed by atoms with Crippen LogP contribution < -0.4 is 0 Å². The average Bonchev–Trinajstić information content (AvgIpc) is 2.81. The van der Waals surface area contributed by atoms with Crippen molar-refractivity contribution in [3.8, 4) is 0 Å². The van der Waals surface area contributed by atoms with Crippen LogP contribution in [0.2, 0.25) is 10.0 Å². The number of fused-ring (bicyclic) bond motifs is 2. The number of piperidine rings is 1. The molecule has 0 unspecified atom stereocenters. The highest BCUT2D eigenvalue weighted by molar-refractivity contribution is 7.89. The second kappa shape index (κ2) is 9.03. The van der Waals surface area contributed by atoms with E-state index in [1.165, 1.54) is 22.5 Å². The van der Waals surface area contributed by atoms with Gasteiger partial charge in [-0.1, -0.05) is 29.3 Å². The fraction of sp³-hybridized carbons (Fsp3) is 0.429. The van der Waals surface area contributed by atoms with Gasteiger partial charge < -0.3 is 10.0 Å². The van der Waals surface area contributed by atoms with Gasteiger partial charge in [-0.2, -0.15) is 4.31 Å². The Morgan fingerprint density at radius 2 is 1.87 bits per heavy atom. The lowest BCUT2D eigenvalue weighted by atomic mass is 9.91. The van der Waals surface area contributed by atoms with E-state index in [2.05, 4.69) is 4.98 Å². The smallest absolute Gasteiger partial charge is 0.244 e. The Morgan fingerprint density at radius 1 is 1.13 bits per heavy atom. The molecule has 2 bridgehead atoms. The molecule has 0 aliphatic carbocycles. The van der Waals surface area contributed by atoms with Crippen LogP contribution in [0.15, 0.2) is 47.5 Å². The normalized spacial score (nSPS) is 24.8. The highest BCUT2D eigenvalue weighted by Crippen LogP contribution is 2.38. The van der Waals surface area contributed by atoms with E-state index < -0.39 is 28.0 Å². The summed E-state index contributed by atoms with van der Waals surface area (Å²) in [6, 6.07) is 8.25. The Bertz CT molecular complexity index is 1050. The van der Waals surface area contributed by atoms with Crippen LogP contribution in [0.25, 0.3) is 0 Å².